The van der Waals surface area contributed by atoms with Gasteiger partial charge in [-0.2, -0.15) is 0 Å². The van der Waals surface area contributed by atoms with E-state index in [-0.39, 0.29) is 25.1 Å². The topological polar surface area (TPSA) is 210 Å². The third-order valence-corrected chi connectivity index (χ3v) is 5.27. The normalized spacial score (nSPS) is 13.4. The molecule has 190 valence electrons. The predicted molar refractivity (Wildman–Crippen MR) is 127 cm³/mol. The van der Waals surface area contributed by atoms with Gasteiger partial charge in [-0.25, -0.2) is 4.79 Å². The average molecular weight is 490 g/mol. The number of nitrogens with one attached hydrogen (secondary N) is 2. The summed E-state index contributed by atoms with van der Waals surface area (Å²) in [7, 11) is 0. The van der Waals surface area contributed by atoms with Crippen LogP contribution in [-0.4, -0.2) is 62.3 Å². The summed E-state index contributed by atoms with van der Waals surface area (Å²) in [4.78, 5) is 48.7. The molecule has 2 amide bonds. The molecule has 0 saturated carbocycles. The Morgan fingerprint density at radius 3 is 2.23 bits per heavy atom. The van der Waals surface area contributed by atoms with Gasteiger partial charge in [-0.15, -0.1) is 0 Å². The number of aromatic hydroxyl groups is 2. The summed E-state index contributed by atoms with van der Waals surface area (Å²) in [6, 6.07) is 3.61. The number of phenolic OH excluding ortho intramolecular Hbond substituents is 1. The number of hydrogen-bond donors (Lipinski definition) is 7. The van der Waals surface area contributed by atoms with Crippen LogP contribution in [0, 0.1) is 0 Å². The zero-order valence-electron chi connectivity index (χ0n) is 19.1. The fourth-order valence-electron chi connectivity index (χ4n) is 3.32. The Bertz CT molecular complexity index is 1070. The molecule has 0 aliphatic rings. The molecule has 0 spiro atoms. The van der Waals surface area contributed by atoms with Crippen molar-refractivity contribution in [2.24, 2.45) is 11.5 Å². The molecular formula is C23H31N5O7. The van der Waals surface area contributed by atoms with Gasteiger partial charge in [0, 0.05) is 31.4 Å². The fourth-order valence-corrected chi connectivity index (χ4v) is 3.32. The lowest BCUT2D eigenvalue weighted by atomic mass is 10.0. The molecule has 1 heterocycles. The Morgan fingerprint density at radius 1 is 0.971 bits per heavy atom. The maximum absolute atomic E-state index is 12.9. The zero-order valence-corrected chi connectivity index (χ0v) is 19.1. The average Bonchev–Trinajstić information content (AvgIpc) is 2.81. The van der Waals surface area contributed by atoms with E-state index in [1.54, 1.807) is 12.1 Å². The van der Waals surface area contributed by atoms with Crippen LogP contribution in [0.1, 0.15) is 24.8 Å². The summed E-state index contributed by atoms with van der Waals surface area (Å²) in [6.07, 6.45) is 3.79. The van der Waals surface area contributed by atoms with Gasteiger partial charge in [0.25, 0.3) is 0 Å². The lowest BCUT2D eigenvalue weighted by Gasteiger charge is -2.23. The maximum Gasteiger partial charge on any atom is 0.326 e. The zero-order chi connectivity index (χ0) is 26.0. The number of amides is 2. The smallest absolute Gasteiger partial charge is 0.326 e. The SMILES string of the molecule is NCCCC[C@H](NC(=O)C(N)Cn1ccc(=O)c(O)c1)C(=O)N[C@@H](Cc1ccc(O)cc1)C(=O)O. The predicted octanol–water partition coefficient (Wildman–Crippen LogP) is -0.987. The highest BCUT2D eigenvalue weighted by Crippen LogP contribution is 2.12. The molecule has 2 rings (SSSR count). The Balaban J connectivity index is 2.07. The minimum absolute atomic E-state index is 0.0276. The maximum atomic E-state index is 12.9. The van der Waals surface area contributed by atoms with Crippen LogP contribution in [0.5, 0.6) is 11.5 Å². The third-order valence-electron chi connectivity index (χ3n) is 5.27. The van der Waals surface area contributed by atoms with Gasteiger partial charge in [-0.3, -0.25) is 14.4 Å². The van der Waals surface area contributed by atoms with Gasteiger partial charge >= 0.3 is 5.97 Å². The van der Waals surface area contributed by atoms with E-state index in [4.69, 9.17) is 11.5 Å². The lowest BCUT2D eigenvalue weighted by molar-refractivity contribution is -0.142. The molecule has 12 nitrogen and oxygen atoms in total. The van der Waals surface area contributed by atoms with Crippen LogP contribution < -0.4 is 27.5 Å². The summed E-state index contributed by atoms with van der Waals surface area (Å²) in [5.41, 5.74) is 11.5. The van der Waals surface area contributed by atoms with E-state index >= 15 is 0 Å². The minimum atomic E-state index is -1.27. The Hall–Kier alpha value is -3.90. The summed E-state index contributed by atoms with van der Waals surface area (Å²) in [5.74, 6) is -3.07. The number of nitrogens with zero attached hydrogens (tertiary/aromatic N) is 1. The van der Waals surface area contributed by atoms with Crippen LogP contribution in [0.15, 0.2) is 47.5 Å². The van der Waals surface area contributed by atoms with Crippen molar-refractivity contribution < 1.29 is 29.7 Å². The first-order valence-corrected chi connectivity index (χ1v) is 11.1. The first kappa shape index (κ1) is 27.3. The molecule has 9 N–H and O–H groups in total. The summed E-state index contributed by atoms with van der Waals surface area (Å²) >= 11 is 0. The molecule has 2 aromatic rings. The lowest BCUT2D eigenvalue weighted by Crippen LogP contribution is -2.55. The molecule has 35 heavy (non-hydrogen) atoms. The quantitative estimate of drug-likeness (QED) is 0.172. The molecule has 0 aliphatic carbocycles. The van der Waals surface area contributed by atoms with Crippen LogP contribution in [0.2, 0.25) is 0 Å². The number of benzene rings is 1. The van der Waals surface area contributed by atoms with Crippen molar-refractivity contribution in [1.29, 1.82) is 0 Å². The van der Waals surface area contributed by atoms with Gasteiger partial charge in [-0.1, -0.05) is 12.1 Å². The van der Waals surface area contributed by atoms with Gasteiger partial charge in [0.1, 0.15) is 23.9 Å². The molecule has 1 unspecified atom stereocenters. The van der Waals surface area contributed by atoms with Gasteiger partial charge in [0.2, 0.25) is 17.2 Å². The number of carboxylic acid groups (broad SMARTS) is 1. The molecule has 1 aromatic carbocycles. The second-order valence-electron chi connectivity index (χ2n) is 8.11. The number of pyridine rings is 1. The van der Waals surface area contributed by atoms with E-state index < -0.39 is 47.1 Å². The third kappa shape index (κ3) is 8.76. The van der Waals surface area contributed by atoms with E-state index in [9.17, 15) is 34.5 Å². The fraction of sp³-hybridized carbons (Fsp3) is 0.391. The van der Waals surface area contributed by atoms with Crippen LogP contribution in [0.25, 0.3) is 0 Å². The highest BCUT2D eigenvalue weighted by Gasteiger charge is 2.28. The van der Waals surface area contributed by atoms with E-state index in [0.717, 1.165) is 12.3 Å². The van der Waals surface area contributed by atoms with E-state index in [1.807, 2.05) is 0 Å². The van der Waals surface area contributed by atoms with E-state index in [1.165, 1.54) is 22.9 Å². The monoisotopic (exact) mass is 489 g/mol. The number of nitrogens with two attached hydrogens (primary N) is 2. The van der Waals surface area contributed by atoms with E-state index in [2.05, 4.69) is 10.6 Å². The number of unbranched alkanes of at least 4 members (excludes halogenated alkanes) is 1. The van der Waals surface area contributed by atoms with Crippen molar-refractivity contribution >= 4 is 17.8 Å². The largest absolute Gasteiger partial charge is 0.508 e. The van der Waals surface area contributed by atoms with Crippen LogP contribution in [0.3, 0.4) is 0 Å². The van der Waals surface area contributed by atoms with Crippen molar-refractivity contribution in [3.8, 4) is 11.5 Å². The van der Waals surface area contributed by atoms with Crippen LogP contribution in [0.4, 0.5) is 0 Å². The number of rotatable bonds is 13. The number of phenols is 1. The number of carbonyl (C=O) groups excluding carboxylic acids is 2. The first-order chi connectivity index (χ1) is 16.6. The summed E-state index contributed by atoms with van der Waals surface area (Å²) in [5, 5.41) is 33.5. The van der Waals surface area contributed by atoms with Crippen molar-refractivity contribution in [2.45, 2.75) is 50.4 Å². The van der Waals surface area contributed by atoms with Crippen molar-refractivity contribution in [3.05, 3.63) is 58.5 Å². The second-order valence-corrected chi connectivity index (χ2v) is 8.11. The molecule has 0 bridgehead atoms. The highest BCUT2D eigenvalue weighted by atomic mass is 16.4. The number of aromatic nitrogens is 1. The molecular weight excluding hydrogens is 458 g/mol. The summed E-state index contributed by atoms with van der Waals surface area (Å²) < 4.78 is 1.36. The van der Waals surface area contributed by atoms with Gasteiger partial charge < -0.3 is 42.0 Å². The van der Waals surface area contributed by atoms with Gasteiger partial charge in [0.15, 0.2) is 5.75 Å². The van der Waals surface area contributed by atoms with Gasteiger partial charge in [-0.05, 0) is 43.5 Å². The number of hydrogen-bond acceptors (Lipinski definition) is 8. The number of carboxylic acids is 1. The molecule has 1 aromatic heterocycles. The molecule has 12 heteroatoms. The number of carbonyl (C=O) groups is 3. The molecule has 0 radical (unpaired) electrons. The summed E-state index contributed by atoms with van der Waals surface area (Å²) in [6.45, 7) is 0.311. The Labute approximate surface area is 201 Å². The van der Waals surface area contributed by atoms with Crippen LogP contribution in [-0.2, 0) is 27.3 Å². The minimum Gasteiger partial charge on any atom is -0.508 e. The van der Waals surface area contributed by atoms with Crippen molar-refractivity contribution in [2.75, 3.05) is 6.54 Å². The standard InChI is InChI=1S/C23H31N5O7/c24-9-2-1-3-17(26-21(32)16(25)12-28-10-8-19(30)20(31)13-28)22(33)27-18(23(34)35)11-14-4-6-15(29)7-5-14/h4-8,10,13,16-18,29,31H,1-3,9,11-12,24-25H2,(H,26,32)(H,27,33)(H,34,35)/t16?,17-,18-/m0/s1. The Kier molecular flexibility index (Phi) is 10.2. The molecule has 0 fully saturated rings. The first-order valence-electron chi connectivity index (χ1n) is 11.1. The van der Waals surface area contributed by atoms with Gasteiger partial charge in [0.05, 0.1) is 0 Å². The molecule has 3 atom stereocenters. The van der Waals surface area contributed by atoms with E-state index in [0.29, 0.717) is 24.9 Å². The highest BCUT2D eigenvalue weighted by molar-refractivity contribution is 5.91. The van der Waals surface area contributed by atoms with Crippen molar-refractivity contribution in [3.63, 3.8) is 0 Å². The second kappa shape index (κ2) is 13.1. The Morgan fingerprint density at radius 2 is 1.63 bits per heavy atom. The van der Waals surface area contributed by atoms with Crippen LogP contribution >= 0.6 is 0 Å². The molecule has 0 aliphatic heterocycles. The number of aliphatic carboxylic acids is 1. The molecule has 0 saturated heterocycles. The van der Waals surface area contributed by atoms with Crippen molar-refractivity contribution in [1.82, 2.24) is 15.2 Å².